The van der Waals surface area contributed by atoms with Crippen LogP contribution in [0.5, 0.6) is 0 Å². The van der Waals surface area contributed by atoms with Gasteiger partial charge in [0, 0.05) is 30.1 Å². The molecule has 0 unspecified atom stereocenters. The van der Waals surface area contributed by atoms with Gasteiger partial charge in [-0.3, -0.25) is 4.99 Å². The lowest BCUT2D eigenvalue weighted by Gasteiger charge is -2.28. The normalized spacial score (nSPS) is 18.1. The van der Waals surface area contributed by atoms with Gasteiger partial charge in [0.2, 0.25) is 10.0 Å². The first-order chi connectivity index (χ1) is 8.20. The van der Waals surface area contributed by atoms with Crippen LogP contribution in [0.2, 0.25) is 0 Å². The number of halogens is 1. The molecular formula is C10H23IN4O2S2. The molecule has 0 spiro atoms. The molecule has 0 aromatic heterocycles. The fraction of sp³-hybridized carbons (Fsp3) is 0.900. The van der Waals surface area contributed by atoms with Crippen molar-refractivity contribution < 1.29 is 8.42 Å². The summed E-state index contributed by atoms with van der Waals surface area (Å²) < 4.78 is 24.9. The van der Waals surface area contributed by atoms with E-state index in [1.54, 1.807) is 13.8 Å². The maximum absolute atomic E-state index is 11.2. The van der Waals surface area contributed by atoms with Gasteiger partial charge in [0.25, 0.3) is 0 Å². The first-order valence-corrected chi connectivity index (χ1v) is 8.86. The summed E-state index contributed by atoms with van der Waals surface area (Å²) in [4.78, 5) is 6.32. The summed E-state index contributed by atoms with van der Waals surface area (Å²) in [6, 6.07) is 0. The molecule has 0 radical (unpaired) electrons. The van der Waals surface area contributed by atoms with Crippen LogP contribution in [0.3, 0.4) is 0 Å². The van der Waals surface area contributed by atoms with E-state index in [2.05, 4.69) is 9.71 Å². The van der Waals surface area contributed by atoms with Crippen molar-refractivity contribution in [2.75, 3.05) is 37.4 Å². The SMILES string of the molecule is CC(C)(CN=C(N)N1CCSCC1)NS(C)(=O)=O.I. The molecule has 0 amide bonds. The number of rotatable bonds is 4. The fourth-order valence-electron chi connectivity index (χ4n) is 1.71. The van der Waals surface area contributed by atoms with E-state index in [0.29, 0.717) is 12.5 Å². The van der Waals surface area contributed by atoms with Crippen molar-refractivity contribution in [2.24, 2.45) is 10.7 Å². The predicted octanol–water partition coefficient (Wildman–Crippen LogP) is 0.296. The highest BCUT2D eigenvalue weighted by molar-refractivity contribution is 14.0. The Labute approximate surface area is 137 Å². The highest BCUT2D eigenvalue weighted by Gasteiger charge is 2.22. The molecule has 1 heterocycles. The zero-order valence-corrected chi connectivity index (χ0v) is 15.5. The minimum absolute atomic E-state index is 0. The standard InChI is InChI=1S/C10H22N4O2S2.HI/c1-10(2,13-18(3,15)16)8-12-9(11)14-4-6-17-7-5-14;/h13H,4-8H2,1-3H3,(H2,11,12);1H. The number of sulfonamides is 1. The zero-order chi connectivity index (χ0) is 13.8. The van der Waals surface area contributed by atoms with Crippen molar-refractivity contribution >= 4 is 51.7 Å². The van der Waals surface area contributed by atoms with Crippen LogP contribution >= 0.6 is 35.7 Å². The molecule has 1 rings (SSSR count). The molecule has 9 heteroatoms. The number of aliphatic imine (C=N–C) groups is 1. The number of guanidine groups is 1. The number of nitrogens with two attached hydrogens (primary N) is 1. The third-order valence-electron chi connectivity index (χ3n) is 2.43. The molecule has 0 aromatic carbocycles. The number of nitrogens with zero attached hydrogens (tertiary/aromatic N) is 2. The van der Waals surface area contributed by atoms with E-state index in [1.807, 2.05) is 16.7 Å². The average molecular weight is 422 g/mol. The first kappa shape index (κ1) is 19.3. The second-order valence-corrected chi connectivity index (χ2v) is 8.01. The molecule has 1 fully saturated rings. The molecule has 0 bridgehead atoms. The van der Waals surface area contributed by atoms with Gasteiger partial charge < -0.3 is 10.6 Å². The van der Waals surface area contributed by atoms with Crippen LogP contribution in [0.25, 0.3) is 0 Å². The quantitative estimate of drug-likeness (QED) is 0.387. The molecule has 1 aliphatic heterocycles. The van der Waals surface area contributed by atoms with Gasteiger partial charge in [-0.25, -0.2) is 13.1 Å². The van der Waals surface area contributed by atoms with Gasteiger partial charge in [0.15, 0.2) is 5.96 Å². The Kier molecular flexibility index (Phi) is 8.00. The van der Waals surface area contributed by atoms with Crippen molar-refractivity contribution in [3.05, 3.63) is 0 Å². The van der Waals surface area contributed by atoms with E-state index in [9.17, 15) is 8.42 Å². The van der Waals surface area contributed by atoms with E-state index >= 15 is 0 Å². The molecule has 0 aromatic rings. The fourth-order valence-corrected chi connectivity index (χ4v) is 3.68. The predicted molar refractivity (Wildman–Crippen MR) is 92.9 cm³/mol. The molecule has 19 heavy (non-hydrogen) atoms. The van der Waals surface area contributed by atoms with Crippen molar-refractivity contribution in [3.63, 3.8) is 0 Å². The first-order valence-electron chi connectivity index (χ1n) is 5.81. The zero-order valence-electron chi connectivity index (χ0n) is 11.5. The van der Waals surface area contributed by atoms with E-state index in [1.165, 1.54) is 0 Å². The molecule has 0 atom stereocenters. The van der Waals surface area contributed by atoms with Crippen molar-refractivity contribution in [1.29, 1.82) is 0 Å². The van der Waals surface area contributed by atoms with Gasteiger partial charge >= 0.3 is 0 Å². The Morgan fingerprint density at radius 3 is 2.42 bits per heavy atom. The Morgan fingerprint density at radius 1 is 1.42 bits per heavy atom. The van der Waals surface area contributed by atoms with Gasteiger partial charge in [-0.2, -0.15) is 11.8 Å². The van der Waals surface area contributed by atoms with Gasteiger partial charge in [-0.1, -0.05) is 0 Å². The lowest BCUT2D eigenvalue weighted by molar-refractivity contribution is 0.438. The van der Waals surface area contributed by atoms with Gasteiger partial charge in [0.05, 0.1) is 12.8 Å². The molecule has 0 saturated carbocycles. The summed E-state index contributed by atoms with van der Waals surface area (Å²) in [6.07, 6.45) is 1.14. The van der Waals surface area contributed by atoms with Crippen LogP contribution in [-0.4, -0.2) is 62.2 Å². The monoisotopic (exact) mass is 422 g/mol. The Morgan fingerprint density at radius 2 is 1.95 bits per heavy atom. The van der Waals surface area contributed by atoms with E-state index in [4.69, 9.17) is 5.73 Å². The third-order valence-corrected chi connectivity index (χ3v) is 4.30. The number of thioether (sulfide) groups is 1. The second-order valence-electron chi connectivity index (χ2n) is 5.03. The highest BCUT2D eigenvalue weighted by Crippen LogP contribution is 2.09. The summed E-state index contributed by atoms with van der Waals surface area (Å²) in [5.74, 6) is 2.61. The number of nitrogens with one attached hydrogen (secondary N) is 1. The lowest BCUT2D eigenvalue weighted by Crippen LogP contribution is -2.47. The summed E-state index contributed by atoms with van der Waals surface area (Å²) in [6.45, 7) is 5.71. The molecular weight excluding hydrogens is 399 g/mol. The molecule has 114 valence electrons. The molecule has 0 aliphatic carbocycles. The summed E-state index contributed by atoms with van der Waals surface area (Å²) >= 11 is 1.90. The van der Waals surface area contributed by atoms with Crippen LogP contribution in [0.15, 0.2) is 4.99 Å². The van der Waals surface area contributed by atoms with Crippen LogP contribution in [0.1, 0.15) is 13.8 Å². The van der Waals surface area contributed by atoms with Crippen LogP contribution in [0.4, 0.5) is 0 Å². The third kappa shape index (κ3) is 8.20. The Hall–Kier alpha value is 0.260. The van der Waals surface area contributed by atoms with E-state index < -0.39 is 15.6 Å². The highest BCUT2D eigenvalue weighted by atomic mass is 127. The average Bonchev–Trinajstić information content (AvgIpc) is 2.24. The largest absolute Gasteiger partial charge is 0.370 e. The minimum Gasteiger partial charge on any atom is -0.370 e. The maximum atomic E-state index is 11.2. The topological polar surface area (TPSA) is 87.8 Å². The smallest absolute Gasteiger partial charge is 0.209 e. The van der Waals surface area contributed by atoms with Gasteiger partial charge in [0.1, 0.15) is 0 Å². The lowest BCUT2D eigenvalue weighted by atomic mass is 10.1. The van der Waals surface area contributed by atoms with Crippen LogP contribution < -0.4 is 10.5 Å². The summed E-state index contributed by atoms with van der Waals surface area (Å²) in [7, 11) is -3.23. The minimum atomic E-state index is -3.23. The van der Waals surface area contributed by atoms with Crippen molar-refractivity contribution in [3.8, 4) is 0 Å². The van der Waals surface area contributed by atoms with Crippen molar-refractivity contribution in [1.82, 2.24) is 9.62 Å². The Balaban J connectivity index is 0.00000324. The number of hydrogen-bond acceptors (Lipinski definition) is 4. The summed E-state index contributed by atoms with van der Waals surface area (Å²) in [5.41, 5.74) is 5.29. The molecule has 3 N–H and O–H groups in total. The number of hydrogen-bond donors (Lipinski definition) is 2. The second kappa shape index (κ2) is 7.89. The Bertz CT molecular complexity index is 406. The molecule has 6 nitrogen and oxygen atoms in total. The molecule has 1 aliphatic rings. The van der Waals surface area contributed by atoms with Gasteiger partial charge in [-0.15, -0.1) is 24.0 Å². The maximum Gasteiger partial charge on any atom is 0.209 e. The van der Waals surface area contributed by atoms with E-state index in [-0.39, 0.29) is 24.0 Å². The van der Waals surface area contributed by atoms with Crippen LogP contribution in [0, 0.1) is 0 Å². The van der Waals surface area contributed by atoms with Crippen LogP contribution in [-0.2, 0) is 10.0 Å². The summed E-state index contributed by atoms with van der Waals surface area (Å²) in [5, 5.41) is 0. The van der Waals surface area contributed by atoms with E-state index in [0.717, 1.165) is 30.9 Å². The van der Waals surface area contributed by atoms with Gasteiger partial charge in [-0.05, 0) is 13.8 Å². The van der Waals surface area contributed by atoms with Crippen molar-refractivity contribution in [2.45, 2.75) is 19.4 Å². The molecule has 1 saturated heterocycles.